The van der Waals surface area contributed by atoms with E-state index in [1.807, 2.05) is 30.5 Å². The third-order valence-electron chi connectivity index (χ3n) is 10.1. The summed E-state index contributed by atoms with van der Waals surface area (Å²) in [6.07, 6.45) is 4.27. The summed E-state index contributed by atoms with van der Waals surface area (Å²) in [6.45, 7) is 9.43. The number of aromatic nitrogens is 4. The molecule has 0 bridgehead atoms. The molecule has 0 unspecified atom stereocenters. The number of nitrogens with zero attached hydrogens (tertiary/aromatic N) is 4. The summed E-state index contributed by atoms with van der Waals surface area (Å²) >= 11 is 0. The molecule has 5 aromatic carbocycles. The van der Waals surface area contributed by atoms with Crippen LogP contribution in [0.25, 0.3) is 67.3 Å². The van der Waals surface area contributed by atoms with Crippen molar-refractivity contribution in [1.29, 1.82) is 0 Å². The van der Waals surface area contributed by atoms with Gasteiger partial charge in [0, 0.05) is 33.8 Å². The van der Waals surface area contributed by atoms with E-state index in [1.165, 1.54) is 23.1 Å². The lowest BCUT2D eigenvalue weighted by Gasteiger charge is -2.42. The minimum Gasteiger partial charge on any atom is -0.256 e. The van der Waals surface area contributed by atoms with Crippen molar-refractivity contribution in [3.8, 4) is 56.4 Å². The van der Waals surface area contributed by atoms with Gasteiger partial charge in [-0.15, -0.1) is 0 Å². The first-order valence-corrected chi connectivity index (χ1v) is 16.8. The first kappa shape index (κ1) is 29.9. The highest BCUT2D eigenvalue weighted by Gasteiger charge is 2.37. The molecule has 0 N–H and O–H groups in total. The highest BCUT2D eigenvalue weighted by Crippen LogP contribution is 2.46. The maximum atomic E-state index is 5.11. The Hall–Kier alpha value is -5.48. The lowest BCUT2D eigenvalue weighted by molar-refractivity contribution is 0.332. The molecule has 2 heterocycles. The Morgan fingerprint density at radius 3 is 1.54 bits per heavy atom. The van der Waals surface area contributed by atoms with Gasteiger partial charge in [-0.3, -0.25) is 4.98 Å². The van der Waals surface area contributed by atoms with Crippen LogP contribution < -0.4 is 0 Å². The summed E-state index contributed by atoms with van der Waals surface area (Å²) in [7, 11) is 0. The highest BCUT2D eigenvalue weighted by atomic mass is 15.0. The summed E-state index contributed by atoms with van der Waals surface area (Å²) in [5.74, 6) is 2.00. The molecule has 0 saturated carbocycles. The van der Waals surface area contributed by atoms with Crippen LogP contribution in [-0.2, 0) is 10.8 Å². The van der Waals surface area contributed by atoms with Crippen LogP contribution in [0.4, 0.5) is 0 Å². The number of para-hydroxylation sites is 1. The molecule has 8 rings (SSSR count). The SMILES string of the molecule is CC1(C)CCC(C)(C)c2cc(-c3nc(-c4ccc(-c5ccccc5)cc4)nc(-c4ccc(-c5cnc6ccccc6c5)cc4)n3)ccc21. The molecule has 48 heavy (non-hydrogen) atoms. The van der Waals surface area contributed by atoms with Crippen molar-refractivity contribution in [2.24, 2.45) is 0 Å². The Morgan fingerprint density at radius 1 is 0.417 bits per heavy atom. The van der Waals surface area contributed by atoms with E-state index >= 15 is 0 Å². The Balaban J connectivity index is 1.22. The molecule has 4 heteroatoms. The lowest BCUT2D eigenvalue weighted by atomic mass is 9.63. The minimum atomic E-state index is 0.0836. The average Bonchev–Trinajstić information content (AvgIpc) is 3.13. The standard InChI is InChI=1S/C44H38N4/c1-43(2)24-25-44(3,4)38-27-35(22-23-37(38)43)42-47-40(32-18-14-30(15-19-32)29-10-6-5-7-11-29)46-41(48-42)33-20-16-31(17-21-33)36-26-34-12-8-9-13-39(34)45-28-36/h5-23,26-28H,24-25H2,1-4H3. The summed E-state index contributed by atoms with van der Waals surface area (Å²) in [4.78, 5) is 19.9. The molecular weight excluding hydrogens is 585 g/mol. The van der Waals surface area contributed by atoms with E-state index in [0.29, 0.717) is 17.5 Å². The summed E-state index contributed by atoms with van der Waals surface area (Å²) in [5.41, 5.74) is 11.5. The number of hydrogen-bond donors (Lipinski definition) is 0. The minimum absolute atomic E-state index is 0.0836. The van der Waals surface area contributed by atoms with Crippen LogP contribution in [0, 0.1) is 0 Å². The van der Waals surface area contributed by atoms with Crippen LogP contribution in [0.15, 0.2) is 134 Å². The van der Waals surface area contributed by atoms with Crippen LogP contribution in [0.3, 0.4) is 0 Å². The van der Waals surface area contributed by atoms with Gasteiger partial charge in [-0.05, 0) is 69.7 Å². The fourth-order valence-corrected chi connectivity index (χ4v) is 6.97. The molecule has 2 aromatic heterocycles. The Kier molecular flexibility index (Phi) is 7.25. The van der Waals surface area contributed by atoms with E-state index in [-0.39, 0.29) is 10.8 Å². The van der Waals surface area contributed by atoms with Gasteiger partial charge >= 0.3 is 0 Å². The van der Waals surface area contributed by atoms with Crippen molar-refractivity contribution in [3.63, 3.8) is 0 Å². The molecule has 1 aliphatic carbocycles. The molecule has 0 spiro atoms. The van der Waals surface area contributed by atoms with E-state index in [2.05, 4.69) is 136 Å². The molecule has 0 atom stereocenters. The molecule has 0 radical (unpaired) electrons. The van der Waals surface area contributed by atoms with Crippen LogP contribution in [-0.4, -0.2) is 19.9 Å². The first-order chi connectivity index (χ1) is 23.2. The van der Waals surface area contributed by atoms with Gasteiger partial charge in [-0.25, -0.2) is 15.0 Å². The smallest absolute Gasteiger partial charge is 0.164 e. The summed E-state index contributed by atoms with van der Waals surface area (Å²) < 4.78 is 0. The van der Waals surface area contributed by atoms with Gasteiger partial charge in [0.25, 0.3) is 0 Å². The molecule has 1 aliphatic rings. The second-order valence-electron chi connectivity index (χ2n) is 14.3. The van der Waals surface area contributed by atoms with E-state index < -0.39 is 0 Å². The van der Waals surface area contributed by atoms with Crippen molar-refractivity contribution >= 4 is 10.9 Å². The predicted molar refractivity (Wildman–Crippen MR) is 198 cm³/mol. The van der Waals surface area contributed by atoms with Crippen LogP contribution in [0.2, 0.25) is 0 Å². The van der Waals surface area contributed by atoms with Crippen LogP contribution >= 0.6 is 0 Å². The van der Waals surface area contributed by atoms with Crippen molar-refractivity contribution in [2.45, 2.75) is 51.4 Å². The Labute approximate surface area is 282 Å². The monoisotopic (exact) mass is 622 g/mol. The normalized spacial score (nSPS) is 14.8. The van der Waals surface area contributed by atoms with Crippen molar-refractivity contribution in [1.82, 2.24) is 19.9 Å². The second-order valence-corrected chi connectivity index (χ2v) is 14.3. The lowest BCUT2D eigenvalue weighted by Crippen LogP contribution is -2.33. The van der Waals surface area contributed by atoms with Crippen LogP contribution in [0.1, 0.15) is 51.7 Å². The molecule has 0 fully saturated rings. The zero-order chi connectivity index (χ0) is 32.9. The van der Waals surface area contributed by atoms with Crippen molar-refractivity contribution in [2.75, 3.05) is 0 Å². The third kappa shape index (κ3) is 5.58. The molecule has 234 valence electrons. The van der Waals surface area contributed by atoms with E-state index in [1.54, 1.807) is 0 Å². The van der Waals surface area contributed by atoms with Gasteiger partial charge in [-0.2, -0.15) is 0 Å². The van der Waals surface area contributed by atoms with Gasteiger partial charge < -0.3 is 0 Å². The highest BCUT2D eigenvalue weighted by molar-refractivity contribution is 5.84. The molecule has 0 aliphatic heterocycles. The molecular formula is C44H38N4. The van der Waals surface area contributed by atoms with E-state index in [9.17, 15) is 0 Å². The quantitative estimate of drug-likeness (QED) is 0.192. The van der Waals surface area contributed by atoms with Crippen molar-refractivity contribution in [3.05, 3.63) is 145 Å². The number of fused-ring (bicyclic) bond motifs is 2. The van der Waals surface area contributed by atoms with E-state index in [4.69, 9.17) is 15.0 Å². The predicted octanol–water partition coefficient (Wildman–Crippen LogP) is 11.1. The third-order valence-corrected chi connectivity index (χ3v) is 10.1. The van der Waals surface area contributed by atoms with Gasteiger partial charge in [0.2, 0.25) is 0 Å². The number of pyridine rings is 1. The zero-order valence-electron chi connectivity index (χ0n) is 27.9. The van der Waals surface area contributed by atoms with Crippen molar-refractivity contribution < 1.29 is 0 Å². The number of rotatable bonds is 5. The first-order valence-electron chi connectivity index (χ1n) is 16.8. The fourth-order valence-electron chi connectivity index (χ4n) is 6.97. The van der Waals surface area contributed by atoms with Gasteiger partial charge in [0.15, 0.2) is 17.5 Å². The molecule has 4 nitrogen and oxygen atoms in total. The zero-order valence-corrected chi connectivity index (χ0v) is 27.9. The maximum absolute atomic E-state index is 5.11. The van der Waals surface area contributed by atoms with Gasteiger partial charge in [0.05, 0.1) is 5.52 Å². The van der Waals surface area contributed by atoms with Gasteiger partial charge in [-0.1, -0.05) is 137 Å². The largest absolute Gasteiger partial charge is 0.256 e. The number of benzene rings is 5. The Morgan fingerprint density at radius 2 is 0.896 bits per heavy atom. The molecule has 0 amide bonds. The number of hydrogen-bond acceptors (Lipinski definition) is 4. The molecule has 7 aromatic rings. The summed E-state index contributed by atoms with van der Waals surface area (Å²) in [5, 5.41) is 1.13. The van der Waals surface area contributed by atoms with Gasteiger partial charge in [0.1, 0.15) is 0 Å². The topological polar surface area (TPSA) is 51.6 Å². The Bertz CT molecular complexity index is 2270. The average molecular weight is 623 g/mol. The van der Waals surface area contributed by atoms with E-state index in [0.717, 1.165) is 50.7 Å². The molecule has 0 saturated heterocycles. The second kappa shape index (κ2) is 11.6. The summed E-state index contributed by atoms with van der Waals surface area (Å²) in [6, 6.07) is 44.6. The maximum Gasteiger partial charge on any atom is 0.164 e. The fraction of sp³-hybridized carbons (Fsp3) is 0.182. The van der Waals surface area contributed by atoms with Crippen LogP contribution in [0.5, 0.6) is 0 Å².